The molecule has 0 radical (unpaired) electrons. The van der Waals surface area contributed by atoms with Gasteiger partial charge in [0.25, 0.3) is 0 Å². The van der Waals surface area contributed by atoms with E-state index in [1.807, 2.05) is 0 Å². The number of hydrogen-bond acceptors (Lipinski definition) is 0. The molecule has 0 aromatic rings. The minimum atomic E-state index is -2.03. The zero-order chi connectivity index (χ0) is 4.50. The summed E-state index contributed by atoms with van der Waals surface area (Å²) >= 11 is 11.4. The van der Waals surface area contributed by atoms with E-state index in [0.29, 0.717) is 0 Å². The Morgan fingerprint density at radius 1 is 0.833 bits per heavy atom. The molecule has 0 aliphatic carbocycles. The second-order valence-electron chi connectivity index (χ2n) is 0.429. The molecule has 0 saturated carbocycles. The fourth-order valence-electron chi connectivity index (χ4n) is 0. The second-order valence-corrected chi connectivity index (χ2v) is 102. The average Bonchev–Trinajstić information content (AvgIpc) is 0.722. The summed E-state index contributed by atoms with van der Waals surface area (Å²) in [4.78, 5) is 0. The Kier molecular flexibility index (Phi) is 9.09. The zero-order valence-corrected chi connectivity index (χ0v) is 12.2. The predicted molar refractivity (Wildman–Crippen MR) is 48.2 cm³/mol. The third-order valence-corrected chi connectivity index (χ3v) is 0. The Hall–Kier alpha value is 2.84. The van der Waals surface area contributed by atoms with Crippen LogP contribution in [0.5, 0.6) is 0 Å². The van der Waals surface area contributed by atoms with Gasteiger partial charge in [0.1, 0.15) is 0 Å². The molecule has 0 saturated heterocycles. The van der Waals surface area contributed by atoms with Crippen molar-refractivity contribution >= 4 is 59.5 Å². The molecule has 0 aromatic heterocycles. The van der Waals surface area contributed by atoms with E-state index in [1.54, 1.807) is 0 Å². The summed E-state index contributed by atoms with van der Waals surface area (Å²) in [5.41, 5.74) is 0. The van der Waals surface area contributed by atoms with E-state index in [4.69, 9.17) is 0 Å². The van der Waals surface area contributed by atoms with E-state index in [2.05, 4.69) is 47.9 Å². The number of halogens is 4. The van der Waals surface area contributed by atoms with E-state index < -0.39 is 11.5 Å². The van der Waals surface area contributed by atoms with E-state index in [0.717, 1.165) is 0 Å². The Morgan fingerprint density at radius 2 is 0.833 bits per heavy atom. The molecule has 0 atom stereocenters. The van der Waals surface area contributed by atoms with Gasteiger partial charge in [-0.2, -0.15) is 0 Å². The quantitative estimate of drug-likeness (QED) is 0.410. The molecule has 0 nitrogen and oxygen atoms in total. The van der Waals surface area contributed by atoms with Crippen LogP contribution in [0.1, 0.15) is 7.43 Å². The topological polar surface area (TPSA) is 0 Å². The second kappa shape index (κ2) is 4.70. The van der Waals surface area contributed by atoms with Gasteiger partial charge < -0.3 is 0 Å². The van der Waals surface area contributed by atoms with Crippen LogP contribution in [-0.4, -0.2) is 11.5 Å². The Morgan fingerprint density at radius 3 is 0.833 bits per heavy atom. The molecule has 0 aromatic carbocycles. The number of hydrogen-bond donors (Lipinski definition) is 0. The Balaban J connectivity index is 0. The molecule has 0 bridgehead atoms. The standard InChI is InChI=1S/CH4.4BrH.Pb/h1H4;4*1H;/q;;;;;+4/p-4. The van der Waals surface area contributed by atoms with Crippen LogP contribution < -0.4 is 0 Å². The van der Waals surface area contributed by atoms with Crippen molar-refractivity contribution in [1.82, 2.24) is 0 Å². The van der Waals surface area contributed by atoms with Crippen molar-refractivity contribution in [3.63, 3.8) is 0 Å². The summed E-state index contributed by atoms with van der Waals surface area (Å²) in [6, 6.07) is 0. The summed E-state index contributed by atoms with van der Waals surface area (Å²) in [7, 11) is 0. The van der Waals surface area contributed by atoms with Crippen LogP contribution in [0, 0.1) is 0 Å². The SMILES string of the molecule is C.[Br][Pb]([Br])([Br])[Br]. The molecule has 0 rings (SSSR count). The monoisotopic (exact) mass is 540 g/mol. The van der Waals surface area contributed by atoms with Crippen LogP contribution in [0.3, 0.4) is 0 Å². The van der Waals surface area contributed by atoms with Crippen LogP contribution >= 0.6 is 47.9 Å². The van der Waals surface area contributed by atoms with Crippen molar-refractivity contribution in [3.05, 3.63) is 0 Å². The van der Waals surface area contributed by atoms with Gasteiger partial charge in [-0.1, -0.05) is 7.43 Å². The van der Waals surface area contributed by atoms with Crippen LogP contribution in [0.2, 0.25) is 0 Å². The normalized spacial score (nSPS) is 10.0. The minimum absolute atomic E-state index is 0. The predicted octanol–water partition coefficient (Wildman–Crippen LogP) is 3.64. The molecular formula is CH4Br4Pb. The van der Waals surface area contributed by atoms with Gasteiger partial charge in [-0.3, -0.25) is 0 Å². The molecule has 6 heavy (non-hydrogen) atoms. The maximum absolute atomic E-state index is 3.35. The first kappa shape index (κ1) is 11.6. The van der Waals surface area contributed by atoms with Gasteiger partial charge in [-0.25, -0.2) is 0 Å². The van der Waals surface area contributed by atoms with E-state index >= 15 is 0 Å². The molecule has 5 heteroatoms. The third-order valence-electron chi connectivity index (χ3n) is 0. The molecule has 0 fully saturated rings. The van der Waals surface area contributed by atoms with Crippen LogP contribution in [-0.2, 0) is 0 Å². The average molecular weight is 543 g/mol. The molecule has 0 N–H and O–H groups in total. The summed E-state index contributed by atoms with van der Waals surface area (Å²) in [6.07, 6.45) is 0. The van der Waals surface area contributed by atoms with Crippen molar-refractivity contribution in [1.29, 1.82) is 0 Å². The first-order valence-corrected chi connectivity index (χ1v) is 34.5. The summed E-state index contributed by atoms with van der Waals surface area (Å²) in [6.45, 7) is 0. The molecule has 0 unspecified atom stereocenters. The molecule has 0 heterocycles. The molecule has 0 amide bonds. The molecule has 0 aliphatic rings. The fourth-order valence-corrected chi connectivity index (χ4v) is 0. The Bertz CT molecular complexity index is 23.0. The summed E-state index contributed by atoms with van der Waals surface area (Å²) in [5, 5.41) is 0. The van der Waals surface area contributed by atoms with Crippen molar-refractivity contribution in [3.8, 4) is 0 Å². The summed E-state index contributed by atoms with van der Waals surface area (Å²) < 4.78 is 0. The maximum atomic E-state index is 3.35. The molecule has 0 aliphatic heterocycles. The van der Waals surface area contributed by atoms with Gasteiger partial charge in [0.15, 0.2) is 0 Å². The molecule has 0 spiro atoms. The first-order valence-electron chi connectivity index (χ1n) is 0.756. The van der Waals surface area contributed by atoms with Gasteiger partial charge in [0, 0.05) is 0 Å². The van der Waals surface area contributed by atoms with Gasteiger partial charge >= 0.3 is 59.5 Å². The fraction of sp³-hybridized carbons (Fsp3) is 1.00. The number of rotatable bonds is 0. The van der Waals surface area contributed by atoms with Crippen molar-refractivity contribution in [2.75, 3.05) is 0 Å². The van der Waals surface area contributed by atoms with Crippen LogP contribution in [0.4, 0.5) is 0 Å². The third kappa shape index (κ3) is 28.9. The summed E-state index contributed by atoms with van der Waals surface area (Å²) in [5.74, 6) is 0. The molecule has 40 valence electrons. The van der Waals surface area contributed by atoms with Gasteiger partial charge in [-0.05, 0) is 0 Å². The van der Waals surface area contributed by atoms with Crippen molar-refractivity contribution < 1.29 is 0 Å². The van der Waals surface area contributed by atoms with Crippen LogP contribution in [0.15, 0.2) is 0 Å². The van der Waals surface area contributed by atoms with Gasteiger partial charge in [0.2, 0.25) is 0 Å². The van der Waals surface area contributed by atoms with Crippen molar-refractivity contribution in [2.24, 2.45) is 0 Å². The Labute approximate surface area is 65.3 Å². The molecular weight excluding hydrogens is 539 g/mol. The van der Waals surface area contributed by atoms with E-state index in [-0.39, 0.29) is 7.43 Å². The van der Waals surface area contributed by atoms with Gasteiger partial charge in [0.05, 0.1) is 0 Å². The van der Waals surface area contributed by atoms with Crippen molar-refractivity contribution in [2.45, 2.75) is 7.43 Å². The first-order chi connectivity index (χ1) is 2.00. The zero-order valence-electron chi connectivity index (χ0n) is 2.01. The van der Waals surface area contributed by atoms with E-state index in [9.17, 15) is 0 Å². The van der Waals surface area contributed by atoms with Gasteiger partial charge in [-0.15, -0.1) is 0 Å². The van der Waals surface area contributed by atoms with Crippen LogP contribution in [0.25, 0.3) is 0 Å². The van der Waals surface area contributed by atoms with E-state index in [1.165, 1.54) is 0 Å².